The normalized spacial score (nSPS) is 25.2. The van der Waals surface area contributed by atoms with Gasteiger partial charge in [0.05, 0.1) is 32.5 Å². The van der Waals surface area contributed by atoms with E-state index in [2.05, 4.69) is 44.3 Å². The standard InChI is InChI=1S/C17H25NO3/c1-4-18-16(15-10-19-7-8-20-15)12-5-6-14-13(9-12)17(2,3)11-21-14/h5-6,9,15-16,18H,4,7-8,10-11H2,1-3H3. The van der Waals surface area contributed by atoms with Crippen molar-refractivity contribution in [1.29, 1.82) is 0 Å². The average molecular weight is 291 g/mol. The van der Waals surface area contributed by atoms with Gasteiger partial charge in [-0.3, -0.25) is 0 Å². The summed E-state index contributed by atoms with van der Waals surface area (Å²) in [5, 5.41) is 3.54. The van der Waals surface area contributed by atoms with Crippen molar-refractivity contribution in [2.24, 2.45) is 0 Å². The van der Waals surface area contributed by atoms with Crippen molar-refractivity contribution >= 4 is 0 Å². The van der Waals surface area contributed by atoms with E-state index in [4.69, 9.17) is 14.2 Å². The zero-order valence-corrected chi connectivity index (χ0v) is 13.1. The largest absolute Gasteiger partial charge is 0.492 e. The molecule has 1 aromatic rings. The Hall–Kier alpha value is -1.10. The summed E-state index contributed by atoms with van der Waals surface area (Å²) in [5.74, 6) is 1.01. The van der Waals surface area contributed by atoms with Crippen LogP contribution in [0.4, 0.5) is 0 Å². The predicted molar refractivity (Wildman–Crippen MR) is 81.9 cm³/mol. The number of rotatable bonds is 4. The molecule has 21 heavy (non-hydrogen) atoms. The molecule has 0 bridgehead atoms. The molecule has 4 heteroatoms. The van der Waals surface area contributed by atoms with Crippen LogP contribution in [0.5, 0.6) is 5.75 Å². The van der Waals surface area contributed by atoms with Gasteiger partial charge in [0.2, 0.25) is 0 Å². The second-order valence-electron chi connectivity index (χ2n) is 6.45. The lowest BCUT2D eigenvalue weighted by Crippen LogP contribution is -2.40. The van der Waals surface area contributed by atoms with Crippen LogP contribution in [0.25, 0.3) is 0 Å². The zero-order valence-electron chi connectivity index (χ0n) is 13.1. The molecule has 1 N–H and O–H groups in total. The first-order valence-electron chi connectivity index (χ1n) is 7.82. The first kappa shape index (κ1) is 14.8. The van der Waals surface area contributed by atoms with E-state index in [-0.39, 0.29) is 17.6 Å². The van der Waals surface area contributed by atoms with E-state index in [1.165, 1.54) is 11.1 Å². The summed E-state index contributed by atoms with van der Waals surface area (Å²) in [6.45, 7) is 10.2. The van der Waals surface area contributed by atoms with Gasteiger partial charge in [0.25, 0.3) is 0 Å². The maximum Gasteiger partial charge on any atom is 0.123 e. The van der Waals surface area contributed by atoms with Gasteiger partial charge in [-0.15, -0.1) is 0 Å². The Labute approximate surface area is 126 Å². The Balaban J connectivity index is 1.89. The number of likely N-dealkylation sites (N-methyl/N-ethyl adjacent to an activating group) is 1. The van der Waals surface area contributed by atoms with E-state index in [1.54, 1.807) is 0 Å². The van der Waals surface area contributed by atoms with Crippen LogP contribution in [-0.4, -0.2) is 39.1 Å². The Bertz CT molecular complexity index is 495. The first-order chi connectivity index (χ1) is 10.1. The van der Waals surface area contributed by atoms with Gasteiger partial charge >= 0.3 is 0 Å². The Kier molecular flexibility index (Phi) is 4.20. The van der Waals surface area contributed by atoms with Gasteiger partial charge < -0.3 is 19.5 Å². The monoisotopic (exact) mass is 291 g/mol. The molecule has 0 saturated carbocycles. The van der Waals surface area contributed by atoms with Crippen LogP contribution in [0.15, 0.2) is 18.2 Å². The van der Waals surface area contributed by atoms with E-state index >= 15 is 0 Å². The molecule has 0 radical (unpaired) electrons. The van der Waals surface area contributed by atoms with Gasteiger partial charge in [0.1, 0.15) is 11.9 Å². The molecule has 0 amide bonds. The first-order valence-corrected chi connectivity index (χ1v) is 7.82. The summed E-state index contributed by atoms with van der Waals surface area (Å²) < 4.78 is 17.3. The molecule has 2 aliphatic rings. The number of ether oxygens (including phenoxy) is 3. The molecule has 0 spiro atoms. The molecule has 1 fully saturated rings. The molecule has 0 aromatic heterocycles. The molecular weight excluding hydrogens is 266 g/mol. The van der Waals surface area contributed by atoms with Crippen LogP contribution in [0.3, 0.4) is 0 Å². The number of benzene rings is 1. The molecule has 1 saturated heterocycles. The predicted octanol–water partition coefficient (Wildman–Crippen LogP) is 2.42. The third kappa shape index (κ3) is 2.93. The quantitative estimate of drug-likeness (QED) is 0.925. The summed E-state index contributed by atoms with van der Waals surface area (Å²) in [5.41, 5.74) is 2.62. The van der Waals surface area contributed by atoms with E-state index < -0.39 is 0 Å². The van der Waals surface area contributed by atoms with Gasteiger partial charge in [-0.2, -0.15) is 0 Å². The van der Waals surface area contributed by atoms with Crippen molar-refractivity contribution in [3.63, 3.8) is 0 Å². The fourth-order valence-electron chi connectivity index (χ4n) is 3.11. The highest BCUT2D eigenvalue weighted by Gasteiger charge is 2.33. The molecule has 2 heterocycles. The highest BCUT2D eigenvalue weighted by atomic mass is 16.6. The lowest BCUT2D eigenvalue weighted by atomic mass is 9.85. The molecule has 3 rings (SSSR count). The van der Waals surface area contributed by atoms with Crippen LogP contribution in [0, 0.1) is 0 Å². The molecular formula is C17H25NO3. The molecule has 2 aliphatic heterocycles. The summed E-state index contributed by atoms with van der Waals surface area (Å²) in [7, 11) is 0. The van der Waals surface area contributed by atoms with Crippen molar-refractivity contribution in [1.82, 2.24) is 5.32 Å². The minimum absolute atomic E-state index is 0.0715. The maximum atomic E-state index is 5.90. The smallest absolute Gasteiger partial charge is 0.123 e. The van der Waals surface area contributed by atoms with Crippen molar-refractivity contribution < 1.29 is 14.2 Å². The van der Waals surface area contributed by atoms with Gasteiger partial charge in [-0.1, -0.05) is 26.8 Å². The fraction of sp³-hybridized carbons (Fsp3) is 0.647. The van der Waals surface area contributed by atoms with Crippen molar-refractivity contribution in [3.05, 3.63) is 29.3 Å². The minimum Gasteiger partial charge on any atom is -0.492 e. The summed E-state index contributed by atoms with van der Waals surface area (Å²) in [4.78, 5) is 0. The van der Waals surface area contributed by atoms with Gasteiger partial charge in [0.15, 0.2) is 0 Å². The molecule has 116 valence electrons. The lowest BCUT2D eigenvalue weighted by Gasteiger charge is -2.31. The molecule has 2 unspecified atom stereocenters. The fourth-order valence-corrected chi connectivity index (χ4v) is 3.11. The second kappa shape index (κ2) is 5.95. The molecule has 1 aromatic carbocycles. The second-order valence-corrected chi connectivity index (χ2v) is 6.45. The Morgan fingerprint density at radius 2 is 2.19 bits per heavy atom. The number of hydrogen-bond donors (Lipinski definition) is 1. The lowest BCUT2D eigenvalue weighted by molar-refractivity contribution is -0.102. The van der Waals surface area contributed by atoms with Crippen LogP contribution < -0.4 is 10.1 Å². The van der Waals surface area contributed by atoms with Crippen molar-refractivity contribution in [2.45, 2.75) is 38.3 Å². The van der Waals surface area contributed by atoms with Crippen molar-refractivity contribution in [2.75, 3.05) is 33.0 Å². The summed E-state index contributed by atoms with van der Waals surface area (Å²) in [6, 6.07) is 6.67. The summed E-state index contributed by atoms with van der Waals surface area (Å²) >= 11 is 0. The van der Waals surface area contributed by atoms with Crippen LogP contribution in [-0.2, 0) is 14.9 Å². The number of hydrogen-bond acceptors (Lipinski definition) is 4. The minimum atomic E-state index is 0.0715. The molecule has 0 aliphatic carbocycles. The molecule has 4 nitrogen and oxygen atoms in total. The number of fused-ring (bicyclic) bond motifs is 1. The Morgan fingerprint density at radius 3 is 2.90 bits per heavy atom. The maximum absolute atomic E-state index is 5.90. The van der Waals surface area contributed by atoms with Crippen molar-refractivity contribution in [3.8, 4) is 5.75 Å². The van der Waals surface area contributed by atoms with Crippen LogP contribution in [0.1, 0.15) is 37.9 Å². The van der Waals surface area contributed by atoms with Gasteiger partial charge in [-0.05, 0) is 24.2 Å². The average Bonchev–Trinajstić information content (AvgIpc) is 2.81. The third-order valence-electron chi connectivity index (χ3n) is 4.32. The van der Waals surface area contributed by atoms with Crippen LogP contribution in [0.2, 0.25) is 0 Å². The van der Waals surface area contributed by atoms with Crippen LogP contribution >= 0.6 is 0 Å². The summed E-state index contributed by atoms with van der Waals surface area (Å²) in [6.07, 6.45) is 0.0715. The molecule has 2 atom stereocenters. The van der Waals surface area contributed by atoms with Gasteiger partial charge in [-0.25, -0.2) is 0 Å². The zero-order chi connectivity index (χ0) is 14.9. The highest BCUT2D eigenvalue weighted by Crippen LogP contribution is 2.40. The number of nitrogens with one attached hydrogen (secondary N) is 1. The van der Waals surface area contributed by atoms with E-state index in [0.717, 1.165) is 18.9 Å². The Morgan fingerprint density at radius 1 is 1.33 bits per heavy atom. The topological polar surface area (TPSA) is 39.7 Å². The SMILES string of the molecule is CCNC(c1ccc2c(c1)C(C)(C)CO2)C1COCCO1. The van der Waals surface area contributed by atoms with E-state index in [9.17, 15) is 0 Å². The highest BCUT2D eigenvalue weighted by molar-refractivity contribution is 5.46. The van der Waals surface area contributed by atoms with Gasteiger partial charge in [0, 0.05) is 11.0 Å². The van der Waals surface area contributed by atoms with E-state index in [0.29, 0.717) is 19.8 Å². The third-order valence-corrected chi connectivity index (χ3v) is 4.32. The van der Waals surface area contributed by atoms with E-state index in [1.807, 2.05) is 0 Å².